The number of unbranched alkanes of at least 4 members (excludes halogenated alkanes) is 6. The van der Waals surface area contributed by atoms with Crippen LogP contribution in [0.1, 0.15) is 58.3 Å². The second kappa shape index (κ2) is 14.8. The van der Waals surface area contributed by atoms with Gasteiger partial charge in [-0.15, -0.1) is 13.2 Å². The first-order valence-electron chi connectivity index (χ1n) is 8.00. The van der Waals surface area contributed by atoms with E-state index in [2.05, 4.69) is 25.4 Å². The Hall–Kier alpha value is -0.790. The molecule has 0 aromatic rings. The Morgan fingerprint density at radius 1 is 1.00 bits per heavy atom. The van der Waals surface area contributed by atoms with E-state index in [1.165, 1.54) is 0 Å². The first-order chi connectivity index (χ1) is 10.7. The van der Waals surface area contributed by atoms with Crippen LogP contribution in [0.3, 0.4) is 0 Å². The van der Waals surface area contributed by atoms with E-state index in [0.717, 1.165) is 45.2 Å². The van der Waals surface area contributed by atoms with Gasteiger partial charge in [0.2, 0.25) is 0 Å². The largest absolute Gasteiger partial charge is 0.370 e. The van der Waals surface area contributed by atoms with E-state index in [1.54, 1.807) is 0 Å². The quantitative estimate of drug-likeness (QED) is 0.289. The molecule has 0 aliphatic rings. The lowest BCUT2D eigenvalue weighted by Gasteiger charge is -2.12. The summed E-state index contributed by atoms with van der Waals surface area (Å²) in [5.41, 5.74) is 0. The molecule has 4 nitrogen and oxygen atoms in total. The van der Waals surface area contributed by atoms with Crippen LogP contribution in [-0.4, -0.2) is 31.3 Å². The predicted molar refractivity (Wildman–Crippen MR) is 92.4 cm³/mol. The van der Waals surface area contributed by atoms with Crippen LogP contribution in [0, 0.1) is 0 Å². The van der Waals surface area contributed by atoms with Crippen molar-refractivity contribution in [3.63, 3.8) is 0 Å². The summed E-state index contributed by atoms with van der Waals surface area (Å²) in [6.45, 7) is 10.9. The van der Waals surface area contributed by atoms with Crippen molar-refractivity contribution < 1.29 is 21.8 Å². The van der Waals surface area contributed by atoms with Gasteiger partial charge in [0.25, 0.3) is 0 Å². The van der Waals surface area contributed by atoms with E-state index in [-0.39, 0.29) is 6.42 Å². The van der Waals surface area contributed by atoms with Crippen LogP contribution in [0.25, 0.3) is 0 Å². The molecule has 0 unspecified atom stereocenters. The second-order valence-electron chi connectivity index (χ2n) is 5.22. The fraction of sp³-hybridized carbons (Fsp3) is 0.750. The summed E-state index contributed by atoms with van der Waals surface area (Å²) in [5, 5.41) is -0.941. The Labute approximate surface area is 139 Å². The molecule has 0 amide bonds. The lowest BCUT2D eigenvalue weighted by atomic mass is 10.1. The van der Waals surface area contributed by atoms with Gasteiger partial charge < -0.3 is 5.32 Å². The average Bonchev–Trinajstić information content (AvgIpc) is 2.46. The monoisotopic (exact) mass is 355 g/mol. The van der Waals surface area contributed by atoms with Crippen molar-refractivity contribution in [2.45, 2.75) is 63.5 Å². The SMILES string of the molecule is C=CCNCC=C.CCCCCCCCCC(F)(F)S(=O)(=O)O. The molecule has 0 fully saturated rings. The Kier molecular flexibility index (Phi) is 15.7. The highest BCUT2D eigenvalue weighted by atomic mass is 32.2. The minimum atomic E-state index is -5.24. The van der Waals surface area contributed by atoms with Gasteiger partial charge in [-0.25, -0.2) is 0 Å². The number of nitrogens with one attached hydrogen (secondary N) is 1. The normalized spacial score (nSPS) is 11.5. The van der Waals surface area contributed by atoms with Crippen molar-refractivity contribution in [1.82, 2.24) is 5.32 Å². The lowest BCUT2D eigenvalue weighted by Crippen LogP contribution is -2.27. The lowest BCUT2D eigenvalue weighted by molar-refractivity contribution is 0.0683. The van der Waals surface area contributed by atoms with Gasteiger partial charge in [0.15, 0.2) is 0 Å². The fourth-order valence-electron chi connectivity index (χ4n) is 1.70. The van der Waals surface area contributed by atoms with Gasteiger partial charge in [0.1, 0.15) is 0 Å². The van der Waals surface area contributed by atoms with Crippen LogP contribution >= 0.6 is 0 Å². The molecular formula is C16H31F2NO3S. The number of alkyl halides is 2. The molecule has 7 heteroatoms. The Morgan fingerprint density at radius 2 is 1.43 bits per heavy atom. The third-order valence-electron chi connectivity index (χ3n) is 3.03. The molecule has 23 heavy (non-hydrogen) atoms. The summed E-state index contributed by atoms with van der Waals surface area (Å²) in [4.78, 5) is 0. The minimum Gasteiger partial charge on any atom is -0.310 e. The third-order valence-corrected chi connectivity index (χ3v) is 3.99. The molecular weight excluding hydrogens is 324 g/mol. The molecule has 0 aromatic heterocycles. The summed E-state index contributed by atoms with van der Waals surface area (Å²) >= 11 is 0. The van der Waals surface area contributed by atoms with Crippen molar-refractivity contribution in [2.24, 2.45) is 0 Å². The van der Waals surface area contributed by atoms with Gasteiger partial charge in [0, 0.05) is 19.5 Å². The molecule has 0 saturated heterocycles. The molecule has 0 aromatic carbocycles. The highest BCUT2D eigenvalue weighted by Crippen LogP contribution is 2.27. The fourth-order valence-corrected chi connectivity index (χ4v) is 2.11. The first kappa shape index (κ1) is 24.5. The zero-order valence-electron chi connectivity index (χ0n) is 14.1. The highest BCUT2D eigenvalue weighted by Gasteiger charge is 2.42. The molecule has 0 aliphatic carbocycles. The summed E-state index contributed by atoms with van der Waals surface area (Å²) in [5.74, 6) is 0. The van der Waals surface area contributed by atoms with Gasteiger partial charge in [-0.05, 0) is 6.42 Å². The van der Waals surface area contributed by atoms with Crippen LogP contribution in [0.5, 0.6) is 0 Å². The molecule has 0 heterocycles. The summed E-state index contributed by atoms with van der Waals surface area (Å²) in [6.07, 6.45) is 8.74. The molecule has 138 valence electrons. The zero-order valence-corrected chi connectivity index (χ0v) is 14.9. The molecule has 0 atom stereocenters. The van der Waals surface area contributed by atoms with E-state index in [9.17, 15) is 17.2 Å². The van der Waals surface area contributed by atoms with Crippen molar-refractivity contribution in [2.75, 3.05) is 13.1 Å². The van der Waals surface area contributed by atoms with Gasteiger partial charge in [0.05, 0.1) is 0 Å². The van der Waals surface area contributed by atoms with Crippen LogP contribution in [0.2, 0.25) is 0 Å². The first-order valence-corrected chi connectivity index (χ1v) is 9.44. The number of hydrogen-bond donors (Lipinski definition) is 2. The average molecular weight is 355 g/mol. The second-order valence-corrected chi connectivity index (χ2v) is 6.77. The number of hydrogen-bond acceptors (Lipinski definition) is 3. The van der Waals surface area contributed by atoms with Crippen molar-refractivity contribution in [1.29, 1.82) is 0 Å². The molecule has 0 spiro atoms. The standard InChI is InChI=1S/C10H20F2O3S.C6H11N/c1-2-3-4-5-6-7-8-9-10(11,12)16(13,14)15;1-3-5-7-6-4-2/h2-9H2,1H3,(H,13,14,15);3-4,7H,1-2,5-6H2. The molecule has 0 bridgehead atoms. The molecule has 0 radical (unpaired) electrons. The van der Waals surface area contributed by atoms with Crippen LogP contribution in [-0.2, 0) is 10.1 Å². The van der Waals surface area contributed by atoms with Gasteiger partial charge in [-0.1, -0.05) is 57.6 Å². The van der Waals surface area contributed by atoms with Gasteiger partial charge in [-0.2, -0.15) is 17.2 Å². The molecule has 0 aliphatic heterocycles. The molecule has 0 rings (SSSR count). The van der Waals surface area contributed by atoms with Crippen LogP contribution < -0.4 is 5.32 Å². The highest BCUT2D eigenvalue weighted by molar-refractivity contribution is 7.86. The van der Waals surface area contributed by atoms with Crippen LogP contribution in [0.4, 0.5) is 8.78 Å². The minimum absolute atomic E-state index is 0.124. The Balaban J connectivity index is 0. The maximum absolute atomic E-state index is 12.7. The summed E-state index contributed by atoms with van der Waals surface area (Å²) in [7, 11) is -5.24. The van der Waals surface area contributed by atoms with E-state index < -0.39 is 21.8 Å². The number of rotatable bonds is 13. The van der Waals surface area contributed by atoms with E-state index in [1.807, 2.05) is 12.2 Å². The Bertz CT molecular complexity index is 390. The van der Waals surface area contributed by atoms with Gasteiger partial charge in [-0.3, -0.25) is 4.55 Å². The maximum Gasteiger partial charge on any atom is 0.370 e. The molecule has 0 saturated carbocycles. The Morgan fingerprint density at radius 3 is 1.83 bits per heavy atom. The van der Waals surface area contributed by atoms with Crippen LogP contribution in [0.15, 0.2) is 25.3 Å². The third kappa shape index (κ3) is 15.9. The number of halogens is 2. The maximum atomic E-state index is 12.7. The van der Waals surface area contributed by atoms with Crippen molar-refractivity contribution >= 4 is 10.1 Å². The summed E-state index contributed by atoms with van der Waals surface area (Å²) < 4.78 is 54.2. The van der Waals surface area contributed by atoms with Crippen molar-refractivity contribution in [3.8, 4) is 0 Å². The summed E-state index contributed by atoms with van der Waals surface area (Å²) in [6, 6.07) is 0. The smallest absolute Gasteiger partial charge is 0.310 e. The van der Waals surface area contributed by atoms with Gasteiger partial charge >= 0.3 is 15.4 Å². The zero-order chi connectivity index (χ0) is 18.2. The topological polar surface area (TPSA) is 66.4 Å². The molecule has 2 N–H and O–H groups in total. The van der Waals surface area contributed by atoms with E-state index in [0.29, 0.717) is 6.42 Å². The predicted octanol–water partition coefficient (Wildman–Crippen LogP) is 4.56. The van der Waals surface area contributed by atoms with E-state index >= 15 is 0 Å². The van der Waals surface area contributed by atoms with E-state index in [4.69, 9.17) is 4.55 Å². The van der Waals surface area contributed by atoms with Crippen molar-refractivity contribution in [3.05, 3.63) is 25.3 Å².